The zero-order valence-corrected chi connectivity index (χ0v) is 11.9. The highest BCUT2D eigenvalue weighted by atomic mass is 32.2. The van der Waals surface area contributed by atoms with Crippen molar-refractivity contribution in [3.05, 3.63) is 47.2 Å². The zero-order chi connectivity index (χ0) is 14.7. The molecule has 0 unspecified atom stereocenters. The Balaban J connectivity index is 2.36. The molecule has 2 rings (SSSR count). The van der Waals surface area contributed by atoms with Crippen molar-refractivity contribution in [2.75, 3.05) is 0 Å². The summed E-state index contributed by atoms with van der Waals surface area (Å²) in [6.45, 7) is 3.75. The van der Waals surface area contributed by atoms with Crippen LogP contribution in [-0.4, -0.2) is 21.0 Å². The monoisotopic (exact) mass is 292 g/mol. The zero-order valence-electron chi connectivity index (χ0n) is 11.1. The summed E-state index contributed by atoms with van der Waals surface area (Å²) in [6, 6.07) is 5.49. The van der Waals surface area contributed by atoms with E-state index in [1.807, 2.05) is 6.92 Å². The van der Waals surface area contributed by atoms with Crippen molar-refractivity contribution >= 4 is 17.7 Å². The molecular formula is C14H13FN2O2S. The topological polar surface area (TPSA) is 63.1 Å². The fourth-order valence-electron chi connectivity index (χ4n) is 1.66. The van der Waals surface area contributed by atoms with Gasteiger partial charge in [0.05, 0.1) is 10.5 Å². The summed E-state index contributed by atoms with van der Waals surface area (Å²) in [7, 11) is 0. The largest absolute Gasteiger partial charge is 0.478 e. The molecule has 2 aromatic rings. The lowest BCUT2D eigenvalue weighted by Crippen LogP contribution is -1.98. The van der Waals surface area contributed by atoms with Crippen LogP contribution in [0.3, 0.4) is 0 Å². The lowest BCUT2D eigenvalue weighted by atomic mass is 10.2. The minimum Gasteiger partial charge on any atom is -0.478 e. The van der Waals surface area contributed by atoms with Gasteiger partial charge in [-0.3, -0.25) is 0 Å². The molecule has 0 saturated heterocycles. The first-order valence-electron chi connectivity index (χ1n) is 6.05. The van der Waals surface area contributed by atoms with Crippen LogP contribution in [0.15, 0.2) is 34.2 Å². The first kappa shape index (κ1) is 14.5. The molecule has 0 fully saturated rings. The molecule has 1 aromatic heterocycles. The van der Waals surface area contributed by atoms with Crippen molar-refractivity contribution in [3.8, 4) is 0 Å². The van der Waals surface area contributed by atoms with Gasteiger partial charge in [-0.15, -0.1) is 0 Å². The first-order chi connectivity index (χ1) is 9.49. The van der Waals surface area contributed by atoms with Crippen molar-refractivity contribution in [1.29, 1.82) is 0 Å². The highest BCUT2D eigenvalue weighted by Gasteiger charge is 2.11. The maximum Gasteiger partial charge on any atom is 0.335 e. The third kappa shape index (κ3) is 3.33. The van der Waals surface area contributed by atoms with Crippen LogP contribution in [0, 0.1) is 12.7 Å². The summed E-state index contributed by atoms with van der Waals surface area (Å²) in [5.74, 6) is -0.934. The molecule has 0 radical (unpaired) electrons. The molecule has 1 heterocycles. The van der Waals surface area contributed by atoms with Crippen LogP contribution in [0.4, 0.5) is 4.39 Å². The van der Waals surface area contributed by atoms with E-state index in [1.54, 1.807) is 13.0 Å². The van der Waals surface area contributed by atoms with E-state index in [9.17, 15) is 9.18 Å². The van der Waals surface area contributed by atoms with E-state index in [1.165, 1.54) is 12.1 Å². The Kier molecular flexibility index (Phi) is 4.34. The normalized spacial score (nSPS) is 10.6. The number of hydrogen-bond donors (Lipinski definition) is 1. The summed E-state index contributed by atoms with van der Waals surface area (Å²) < 4.78 is 13.7. The number of carbonyl (C=O) groups is 1. The van der Waals surface area contributed by atoms with Gasteiger partial charge in [0.1, 0.15) is 16.7 Å². The third-order valence-corrected chi connectivity index (χ3v) is 3.57. The molecule has 1 aromatic carbocycles. The maximum absolute atomic E-state index is 13.7. The molecule has 0 amide bonds. The highest BCUT2D eigenvalue weighted by Crippen LogP contribution is 2.29. The van der Waals surface area contributed by atoms with Gasteiger partial charge in [0, 0.05) is 5.69 Å². The fourth-order valence-corrected chi connectivity index (χ4v) is 2.61. The lowest BCUT2D eigenvalue weighted by molar-refractivity contribution is 0.0696. The van der Waals surface area contributed by atoms with Gasteiger partial charge in [0.25, 0.3) is 0 Å². The number of carboxylic acids is 1. The predicted molar refractivity (Wildman–Crippen MR) is 73.6 cm³/mol. The number of nitrogens with zero attached hydrogens (tertiary/aromatic N) is 2. The Morgan fingerprint density at radius 3 is 2.75 bits per heavy atom. The Bertz CT molecular complexity index is 662. The summed E-state index contributed by atoms with van der Waals surface area (Å²) in [4.78, 5) is 19.6. The molecule has 20 heavy (non-hydrogen) atoms. The summed E-state index contributed by atoms with van der Waals surface area (Å²) in [5, 5.41) is 9.54. The number of rotatable bonds is 4. The average molecular weight is 292 g/mol. The molecule has 0 bridgehead atoms. The van der Waals surface area contributed by atoms with Crippen LogP contribution >= 0.6 is 11.8 Å². The van der Waals surface area contributed by atoms with E-state index >= 15 is 0 Å². The Labute approximate surface area is 120 Å². The standard InChI is InChI=1S/C14H13FN2O2S/c1-3-10-7-13(17-8(2)16-10)20-12-6-9(14(18)19)4-5-11(12)15/h4-7H,3H2,1-2H3,(H,18,19). The van der Waals surface area contributed by atoms with Crippen molar-refractivity contribution in [3.63, 3.8) is 0 Å². The van der Waals surface area contributed by atoms with E-state index in [4.69, 9.17) is 5.11 Å². The lowest BCUT2D eigenvalue weighted by Gasteiger charge is -2.06. The molecule has 0 saturated carbocycles. The SMILES string of the molecule is CCc1cc(Sc2cc(C(=O)O)ccc2F)nc(C)n1. The van der Waals surface area contributed by atoms with Gasteiger partial charge < -0.3 is 5.11 Å². The van der Waals surface area contributed by atoms with Crippen LogP contribution in [-0.2, 0) is 6.42 Å². The second-order valence-electron chi connectivity index (χ2n) is 4.15. The minimum atomic E-state index is -1.08. The van der Waals surface area contributed by atoms with Gasteiger partial charge in [-0.2, -0.15) is 0 Å². The van der Waals surface area contributed by atoms with Crippen LogP contribution in [0.5, 0.6) is 0 Å². The van der Waals surface area contributed by atoms with Crippen molar-refractivity contribution in [2.45, 2.75) is 30.2 Å². The molecule has 1 N–H and O–H groups in total. The summed E-state index contributed by atoms with van der Waals surface area (Å²) >= 11 is 1.10. The Morgan fingerprint density at radius 2 is 2.10 bits per heavy atom. The van der Waals surface area contributed by atoms with Gasteiger partial charge in [-0.1, -0.05) is 18.7 Å². The first-order valence-corrected chi connectivity index (χ1v) is 6.86. The number of carboxylic acid groups (broad SMARTS) is 1. The van der Waals surface area contributed by atoms with Gasteiger partial charge in [-0.25, -0.2) is 19.2 Å². The molecule has 0 aliphatic carbocycles. The molecule has 4 nitrogen and oxygen atoms in total. The van der Waals surface area contributed by atoms with Crippen LogP contribution in [0.2, 0.25) is 0 Å². The maximum atomic E-state index is 13.7. The van der Waals surface area contributed by atoms with E-state index in [0.29, 0.717) is 10.9 Å². The fraction of sp³-hybridized carbons (Fsp3) is 0.214. The summed E-state index contributed by atoms with van der Waals surface area (Å²) in [6.07, 6.45) is 0.758. The molecule has 104 valence electrons. The van der Waals surface area contributed by atoms with Crippen molar-refractivity contribution in [1.82, 2.24) is 9.97 Å². The molecule has 0 aliphatic rings. The molecule has 6 heteroatoms. The molecule has 0 atom stereocenters. The van der Waals surface area contributed by atoms with Crippen molar-refractivity contribution < 1.29 is 14.3 Å². The van der Waals surface area contributed by atoms with E-state index < -0.39 is 11.8 Å². The number of aryl methyl sites for hydroxylation is 2. The minimum absolute atomic E-state index is 0.0513. The number of aromatic carboxylic acids is 1. The van der Waals surface area contributed by atoms with E-state index in [2.05, 4.69) is 9.97 Å². The number of aromatic nitrogens is 2. The van der Waals surface area contributed by atoms with Crippen LogP contribution in [0.25, 0.3) is 0 Å². The smallest absolute Gasteiger partial charge is 0.335 e. The van der Waals surface area contributed by atoms with Gasteiger partial charge in [0.15, 0.2) is 0 Å². The van der Waals surface area contributed by atoms with E-state index in [0.717, 1.165) is 29.9 Å². The van der Waals surface area contributed by atoms with E-state index in [-0.39, 0.29) is 10.5 Å². The van der Waals surface area contributed by atoms with Gasteiger partial charge in [0.2, 0.25) is 0 Å². The molecule has 0 spiro atoms. The number of halogens is 1. The Morgan fingerprint density at radius 1 is 1.35 bits per heavy atom. The number of hydrogen-bond acceptors (Lipinski definition) is 4. The molecule has 0 aliphatic heterocycles. The highest BCUT2D eigenvalue weighted by molar-refractivity contribution is 7.99. The summed E-state index contributed by atoms with van der Waals surface area (Å²) in [5.41, 5.74) is 0.921. The second-order valence-corrected chi connectivity index (χ2v) is 5.21. The Hall–Kier alpha value is -1.95. The second kappa shape index (κ2) is 6.00. The quantitative estimate of drug-likeness (QED) is 0.876. The van der Waals surface area contributed by atoms with Gasteiger partial charge >= 0.3 is 5.97 Å². The van der Waals surface area contributed by atoms with Crippen molar-refractivity contribution in [2.24, 2.45) is 0 Å². The van der Waals surface area contributed by atoms with Gasteiger partial charge in [-0.05, 0) is 37.6 Å². The molecular weight excluding hydrogens is 279 g/mol. The van der Waals surface area contributed by atoms with Crippen LogP contribution in [0.1, 0.15) is 28.8 Å². The third-order valence-electron chi connectivity index (χ3n) is 2.62. The average Bonchev–Trinajstić information content (AvgIpc) is 2.40. The number of benzene rings is 1. The van der Waals surface area contributed by atoms with Crippen LogP contribution < -0.4 is 0 Å². The predicted octanol–water partition coefficient (Wildman–Crippen LogP) is 3.34.